The molecule has 23 heavy (non-hydrogen) atoms. The van der Waals surface area contributed by atoms with Gasteiger partial charge in [-0.05, 0) is 19.8 Å². The van der Waals surface area contributed by atoms with Gasteiger partial charge in [0.15, 0.2) is 0 Å². The van der Waals surface area contributed by atoms with Crippen molar-refractivity contribution in [3.05, 3.63) is 15.6 Å². The van der Waals surface area contributed by atoms with E-state index in [9.17, 15) is 18.7 Å². The van der Waals surface area contributed by atoms with Crippen LogP contribution in [0.2, 0.25) is 0 Å². The number of amides is 1. The van der Waals surface area contributed by atoms with Gasteiger partial charge in [-0.15, -0.1) is 11.3 Å². The van der Waals surface area contributed by atoms with Crippen molar-refractivity contribution in [2.24, 2.45) is 5.92 Å². The predicted molar refractivity (Wildman–Crippen MR) is 84.1 cm³/mol. The fourth-order valence-electron chi connectivity index (χ4n) is 3.46. The van der Waals surface area contributed by atoms with Crippen molar-refractivity contribution < 1.29 is 18.7 Å². The van der Waals surface area contributed by atoms with E-state index in [1.807, 2.05) is 6.92 Å². The molecule has 0 spiro atoms. The van der Waals surface area contributed by atoms with E-state index >= 15 is 0 Å². The molecule has 1 N–H and O–H groups in total. The largest absolute Gasteiger partial charge is 0.396 e. The average molecular weight is 344 g/mol. The van der Waals surface area contributed by atoms with Crippen LogP contribution in [0.15, 0.2) is 0 Å². The van der Waals surface area contributed by atoms with E-state index in [1.165, 1.54) is 29.1 Å². The zero-order valence-electron chi connectivity index (χ0n) is 13.2. The minimum atomic E-state index is -2.90. The third kappa shape index (κ3) is 3.26. The molecule has 2 fully saturated rings. The Labute approximate surface area is 138 Å². The van der Waals surface area contributed by atoms with Crippen LogP contribution in [0.25, 0.3) is 0 Å². The molecule has 1 aliphatic heterocycles. The Balaban J connectivity index is 1.75. The lowest BCUT2D eigenvalue weighted by Gasteiger charge is -2.37. The molecule has 7 heteroatoms. The summed E-state index contributed by atoms with van der Waals surface area (Å²) >= 11 is 1.41. The van der Waals surface area contributed by atoms with Crippen LogP contribution in [0, 0.1) is 12.8 Å². The standard InChI is InChI=1S/C16H22F2N2O2S/c1-10-13(23-14(19-10)11-4-2-3-5-11)15(22)20-7-6-16(17,18)12(8-20)9-21/h11-12,21H,2-9H2,1H3/t12-/m0/s1. The second-order valence-corrected chi connectivity index (χ2v) is 7.62. The van der Waals surface area contributed by atoms with Gasteiger partial charge < -0.3 is 10.0 Å². The summed E-state index contributed by atoms with van der Waals surface area (Å²) in [5.74, 6) is -3.86. The first kappa shape index (κ1) is 16.8. The van der Waals surface area contributed by atoms with Crippen LogP contribution < -0.4 is 0 Å². The Morgan fingerprint density at radius 1 is 1.43 bits per heavy atom. The number of alkyl halides is 2. The highest BCUT2D eigenvalue weighted by atomic mass is 32.1. The molecule has 0 radical (unpaired) electrons. The Morgan fingerprint density at radius 2 is 2.13 bits per heavy atom. The number of thiazole rings is 1. The zero-order valence-corrected chi connectivity index (χ0v) is 14.0. The molecule has 2 aliphatic rings. The summed E-state index contributed by atoms with van der Waals surface area (Å²) in [5.41, 5.74) is 0.694. The number of likely N-dealkylation sites (tertiary alicyclic amines) is 1. The highest BCUT2D eigenvalue weighted by Gasteiger charge is 2.45. The topological polar surface area (TPSA) is 53.4 Å². The molecule has 4 nitrogen and oxygen atoms in total. The summed E-state index contributed by atoms with van der Waals surface area (Å²) in [6, 6.07) is 0. The first-order valence-corrected chi connectivity index (χ1v) is 8.99. The van der Waals surface area contributed by atoms with Gasteiger partial charge in [0.1, 0.15) is 4.88 Å². The first-order valence-electron chi connectivity index (χ1n) is 8.17. The van der Waals surface area contributed by atoms with Gasteiger partial charge in [-0.3, -0.25) is 4.79 Å². The van der Waals surface area contributed by atoms with E-state index in [2.05, 4.69) is 4.98 Å². The van der Waals surface area contributed by atoms with E-state index in [1.54, 1.807) is 0 Å². The van der Waals surface area contributed by atoms with Crippen molar-refractivity contribution in [3.8, 4) is 0 Å². The molecule has 0 aromatic carbocycles. The highest BCUT2D eigenvalue weighted by molar-refractivity contribution is 7.13. The first-order chi connectivity index (χ1) is 10.9. The smallest absolute Gasteiger partial charge is 0.265 e. The van der Waals surface area contributed by atoms with Gasteiger partial charge in [0, 0.05) is 25.4 Å². The number of nitrogens with zero attached hydrogens (tertiary/aromatic N) is 2. The second-order valence-electron chi connectivity index (χ2n) is 6.59. The summed E-state index contributed by atoms with van der Waals surface area (Å²) in [7, 11) is 0. The Kier molecular flexibility index (Phi) is 4.69. The van der Waals surface area contributed by atoms with Crippen molar-refractivity contribution in [2.45, 2.75) is 50.9 Å². The number of aliphatic hydroxyl groups excluding tert-OH is 1. The Morgan fingerprint density at radius 3 is 2.78 bits per heavy atom. The molecule has 1 atom stereocenters. The molecule has 1 aromatic heterocycles. The van der Waals surface area contributed by atoms with Crippen LogP contribution in [-0.4, -0.2) is 46.5 Å². The lowest BCUT2D eigenvalue weighted by molar-refractivity contribution is -0.113. The van der Waals surface area contributed by atoms with E-state index in [4.69, 9.17) is 0 Å². The van der Waals surface area contributed by atoms with Crippen molar-refractivity contribution in [2.75, 3.05) is 19.7 Å². The number of halogens is 2. The van der Waals surface area contributed by atoms with Gasteiger partial charge in [-0.2, -0.15) is 0 Å². The summed E-state index contributed by atoms with van der Waals surface area (Å²) in [6.07, 6.45) is 4.24. The van der Waals surface area contributed by atoms with Crippen molar-refractivity contribution in [3.63, 3.8) is 0 Å². The number of aromatic nitrogens is 1. The van der Waals surface area contributed by atoms with Crippen LogP contribution in [0.3, 0.4) is 0 Å². The molecule has 1 saturated carbocycles. The monoisotopic (exact) mass is 344 g/mol. The summed E-state index contributed by atoms with van der Waals surface area (Å²) in [6.45, 7) is 1.13. The molecule has 3 rings (SSSR count). The number of aliphatic hydroxyl groups is 1. The zero-order chi connectivity index (χ0) is 16.6. The number of carbonyl (C=O) groups is 1. The normalized spacial score (nSPS) is 25.0. The minimum absolute atomic E-state index is 0.0262. The third-order valence-electron chi connectivity index (χ3n) is 4.97. The molecular weight excluding hydrogens is 322 g/mol. The molecular formula is C16H22F2N2O2S. The summed E-state index contributed by atoms with van der Waals surface area (Å²) < 4.78 is 27.4. The number of aryl methyl sites for hydroxylation is 1. The number of hydrogen-bond donors (Lipinski definition) is 1. The number of hydrogen-bond acceptors (Lipinski definition) is 4. The molecule has 1 amide bonds. The maximum atomic E-state index is 13.7. The average Bonchev–Trinajstić information content (AvgIpc) is 3.15. The van der Waals surface area contributed by atoms with Gasteiger partial charge in [0.2, 0.25) is 0 Å². The third-order valence-corrected chi connectivity index (χ3v) is 6.28. The molecule has 1 aliphatic carbocycles. The van der Waals surface area contributed by atoms with Gasteiger partial charge in [0.25, 0.3) is 11.8 Å². The van der Waals surface area contributed by atoms with E-state index in [0.717, 1.165) is 17.8 Å². The number of piperidine rings is 1. The fourth-order valence-corrected chi connectivity index (χ4v) is 4.67. The van der Waals surface area contributed by atoms with Gasteiger partial charge >= 0.3 is 0 Å². The van der Waals surface area contributed by atoms with Gasteiger partial charge in [-0.1, -0.05) is 12.8 Å². The molecule has 1 saturated heterocycles. The van der Waals surface area contributed by atoms with Crippen molar-refractivity contribution in [1.82, 2.24) is 9.88 Å². The quantitative estimate of drug-likeness (QED) is 0.916. The van der Waals surface area contributed by atoms with Gasteiger partial charge in [0.05, 0.1) is 23.2 Å². The Hall–Kier alpha value is -1.08. The molecule has 0 unspecified atom stereocenters. The van der Waals surface area contributed by atoms with Crippen molar-refractivity contribution in [1.29, 1.82) is 0 Å². The SMILES string of the molecule is Cc1nc(C2CCCC2)sc1C(=O)N1CCC(F)(F)[C@H](CO)C1. The van der Waals surface area contributed by atoms with Crippen LogP contribution in [0.5, 0.6) is 0 Å². The maximum absolute atomic E-state index is 13.7. The van der Waals surface area contributed by atoms with Crippen molar-refractivity contribution >= 4 is 17.2 Å². The summed E-state index contributed by atoms with van der Waals surface area (Å²) in [5, 5.41) is 10.2. The van der Waals surface area contributed by atoms with Crippen LogP contribution in [0.4, 0.5) is 8.78 Å². The van der Waals surface area contributed by atoms with Crippen LogP contribution in [0.1, 0.15) is 58.4 Å². The second kappa shape index (κ2) is 6.43. The van der Waals surface area contributed by atoms with Crippen LogP contribution in [-0.2, 0) is 0 Å². The van der Waals surface area contributed by atoms with Gasteiger partial charge in [-0.25, -0.2) is 13.8 Å². The lowest BCUT2D eigenvalue weighted by atomic mass is 9.94. The molecule has 0 bridgehead atoms. The fraction of sp³-hybridized carbons (Fsp3) is 0.750. The maximum Gasteiger partial charge on any atom is 0.265 e. The predicted octanol–water partition coefficient (Wildman–Crippen LogP) is 3.20. The molecule has 128 valence electrons. The minimum Gasteiger partial charge on any atom is -0.396 e. The van der Waals surface area contributed by atoms with E-state index in [-0.39, 0.29) is 19.0 Å². The Bertz CT molecular complexity index is 585. The molecule has 1 aromatic rings. The van der Waals surface area contributed by atoms with Crippen LogP contribution >= 0.6 is 11.3 Å². The number of rotatable bonds is 3. The van der Waals surface area contributed by atoms with E-state index in [0.29, 0.717) is 16.5 Å². The van der Waals surface area contributed by atoms with E-state index < -0.39 is 24.9 Å². The molecule has 2 heterocycles. The highest BCUT2D eigenvalue weighted by Crippen LogP contribution is 2.38. The number of carbonyl (C=O) groups excluding carboxylic acids is 1. The summed E-state index contributed by atoms with van der Waals surface area (Å²) in [4.78, 5) is 19.2. The lowest BCUT2D eigenvalue weighted by Crippen LogP contribution is -2.50.